The Hall–Kier alpha value is -2.65. The first-order valence-corrected chi connectivity index (χ1v) is 8.80. The lowest BCUT2D eigenvalue weighted by atomic mass is 10.0. The van der Waals surface area contributed by atoms with Gasteiger partial charge in [-0.1, -0.05) is 12.1 Å². The number of esters is 1. The van der Waals surface area contributed by atoms with Crippen molar-refractivity contribution in [3.8, 4) is 5.75 Å². The van der Waals surface area contributed by atoms with E-state index in [0.717, 1.165) is 16.2 Å². The molecule has 0 aliphatic carbocycles. The van der Waals surface area contributed by atoms with E-state index in [0.29, 0.717) is 13.0 Å². The van der Waals surface area contributed by atoms with Gasteiger partial charge in [0.05, 0.1) is 26.1 Å². The second-order valence-electron chi connectivity index (χ2n) is 6.54. The van der Waals surface area contributed by atoms with Crippen molar-refractivity contribution < 1.29 is 29.0 Å². The summed E-state index contributed by atoms with van der Waals surface area (Å²) in [5.74, 6) is -0.177. The van der Waals surface area contributed by atoms with Crippen molar-refractivity contribution >= 4 is 17.9 Å². The number of amides is 3. The van der Waals surface area contributed by atoms with Crippen molar-refractivity contribution in [1.82, 2.24) is 15.5 Å². The van der Waals surface area contributed by atoms with Gasteiger partial charge in [0.1, 0.15) is 18.0 Å². The number of nitrogens with one attached hydrogen (secondary N) is 2. The molecule has 27 heavy (non-hydrogen) atoms. The number of imide groups is 1. The van der Waals surface area contributed by atoms with Crippen molar-refractivity contribution in [1.29, 1.82) is 0 Å². The zero-order valence-electron chi connectivity index (χ0n) is 15.0. The van der Waals surface area contributed by atoms with E-state index in [1.165, 1.54) is 0 Å². The van der Waals surface area contributed by atoms with Gasteiger partial charge in [0, 0.05) is 13.1 Å². The number of aliphatic hydroxyl groups excluding tert-OH is 1. The second kappa shape index (κ2) is 8.36. The third-order valence-corrected chi connectivity index (χ3v) is 4.72. The number of aliphatic hydroxyl groups is 1. The number of hydrogen-bond acceptors (Lipinski definition) is 7. The van der Waals surface area contributed by atoms with Crippen LogP contribution in [0.5, 0.6) is 5.75 Å². The van der Waals surface area contributed by atoms with Crippen LogP contribution in [0, 0.1) is 0 Å². The van der Waals surface area contributed by atoms with Crippen LogP contribution in [-0.2, 0) is 20.7 Å². The normalized spacial score (nSPS) is 24.8. The molecule has 2 aliphatic rings. The molecule has 0 unspecified atom stereocenters. The molecular formula is C18H23N3O6. The minimum atomic E-state index is -0.811. The Morgan fingerprint density at radius 3 is 2.67 bits per heavy atom. The van der Waals surface area contributed by atoms with Gasteiger partial charge in [0.2, 0.25) is 5.91 Å². The Labute approximate surface area is 156 Å². The summed E-state index contributed by atoms with van der Waals surface area (Å²) in [6.07, 6.45) is -1.04. The molecule has 2 aliphatic heterocycles. The molecule has 0 radical (unpaired) electrons. The molecule has 2 heterocycles. The third kappa shape index (κ3) is 4.55. The van der Waals surface area contributed by atoms with Crippen molar-refractivity contribution in [2.45, 2.75) is 31.1 Å². The van der Waals surface area contributed by atoms with Crippen LogP contribution in [0.2, 0.25) is 0 Å². The number of hydrogen-bond donors (Lipinski definition) is 3. The van der Waals surface area contributed by atoms with Crippen molar-refractivity contribution in [3.63, 3.8) is 0 Å². The van der Waals surface area contributed by atoms with Crippen molar-refractivity contribution in [3.05, 3.63) is 29.8 Å². The predicted molar refractivity (Wildman–Crippen MR) is 94.1 cm³/mol. The number of β-amino-alcohol motifs (C(OH)–C–C–N with tert-alkyl or cyclic N) is 1. The highest BCUT2D eigenvalue weighted by molar-refractivity contribution is 6.02. The van der Waals surface area contributed by atoms with E-state index in [1.54, 1.807) is 7.11 Å². The summed E-state index contributed by atoms with van der Waals surface area (Å²) in [7, 11) is 1.60. The largest absolute Gasteiger partial charge is 0.497 e. The fourth-order valence-corrected chi connectivity index (χ4v) is 3.23. The number of rotatable bonds is 7. The molecule has 2 saturated heterocycles. The molecule has 3 amide bonds. The Morgan fingerprint density at radius 2 is 2.04 bits per heavy atom. The van der Waals surface area contributed by atoms with Gasteiger partial charge in [-0.25, -0.2) is 4.79 Å². The van der Waals surface area contributed by atoms with Crippen molar-refractivity contribution in [2.24, 2.45) is 0 Å². The highest BCUT2D eigenvalue weighted by Crippen LogP contribution is 2.19. The number of methoxy groups -OCH3 is 1. The van der Waals surface area contributed by atoms with Crippen LogP contribution in [0.1, 0.15) is 12.0 Å². The van der Waals surface area contributed by atoms with Crippen LogP contribution < -0.4 is 15.4 Å². The lowest BCUT2D eigenvalue weighted by molar-refractivity contribution is -0.154. The van der Waals surface area contributed by atoms with E-state index in [1.807, 2.05) is 24.3 Å². The Morgan fingerprint density at radius 1 is 1.30 bits per heavy atom. The predicted octanol–water partition coefficient (Wildman–Crippen LogP) is -0.576. The maximum Gasteiger partial charge on any atom is 0.324 e. The summed E-state index contributed by atoms with van der Waals surface area (Å²) in [6, 6.07) is 6.80. The van der Waals surface area contributed by atoms with Gasteiger partial charge in [-0.2, -0.15) is 0 Å². The first-order valence-electron chi connectivity index (χ1n) is 8.80. The fraction of sp³-hybridized carbons (Fsp3) is 0.500. The quantitative estimate of drug-likeness (QED) is 0.430. The maximum absolute atomic E-state index is 12.1. The summed E-state index contributed by atoms with van der Waals surface area (Å²) in [5.41, 5.74) is 1.02. The van der Waals surface area contributed by atoms with E-state index in [4.69, 9.17) is 9.47 Å². The van der Waals surface area contributed by atoms with Crippen LogP contribution in [0.4, 0.5) is 4.79 Å². The van der Waals surface area contributed by atoms with Crippen LogP contribution in [0.3, 0.4) is 0 Å². The highest BCUT2D eigenvalue weighted by atomic mass is 16.6. The monoisotopic (exact) mass is 377 g/mol. The van der Waals surface area contributed by atoms with E-state index in [2.05, 4.69) is 10.6 Å². The first kappa shape index (κ1) is 19.1. The van der Waals surface area contributed by atoms with Crippen molar-refractivity contribution in [2.75, 3.05) is 26.7 Å². The average molecular weight is 377 g/mol. The first-order chi connectivity index (χ1) is 13.0. The number of carbonyl (C=O) groups is 3. The second-order valence-corrected chi connectivity index (χ2v) is 6.54. The van der Waals surface area contributed by atoms with E-state index in [9.17, 15) is 19.5 Å². The number of carbonyl (C=O) groups excluding carboxylic acids is 3. The molecule has 3 N–H and O–H groups in total. The molecule has 9 heteroatoms. The molecule has 146 valence electrons. The minimum absolute atomic E-state index is 0.0388. The van der Waals surface area contributed by atoms with Gasteiger partial charge in [-0.3, -0.25) is 14.5 Å². The lowest BCUT2D eigenvalue weighted by Crippen LogP contribution is -2.40. The number of urea groups is 1. The number of nitrogens with zero attached hydrogens (tertiary/aromatic N) is 1. The van der Waals surface area contributed by atoms with Gasteiger partial charge < -0.3 is 25.2 Å². The maximum atomic E-state index is 12.1. The molecule has 0 spiro atoms. The van der Waals surface area contributed by atoms with Crippen LogP contribution >= 0.6 is 0 Å². The van der Waals surface area contributed by atoms with Gasteiger partial charge in [-0.15, -0.1) is 0 Å². The molecule has 0 saturated carbocycles. The molecule has 9 nitrogen and oxygen atoms in total. The number of benzene rings is 1. The molecule has 0 bridgehead atoms. The van der Waals surface area contributed by atoms with Gasteiger partial charge in [0.15, 0.2) is 0 Å². The molecule has 1 aromatic rings. The summed E-state index contributed by atoms with van der Waals surface area (Å²) < 4.78 is 10.6. The minimum Gasteiger partial charge on any atom is -0.497 e. The van der Waals surface area contributed by atoms with Gasteiger partial charge >= 0.3 is 12.0 Å². The standard InChI is InChI=1S/C18H23N3O6/c1-26-12-4-2-11(3-5-12)8-13-17(14(22)9-19-13)27-16(24)6-7-21-15(23)10-20-18(21)25/h2-5,13-14,17,19,22H,6-10H2,1H3,(H,20,25)/t13-,14+,17+/m1/s1. The Balaban J connectivity index is 1.54. The van der Waals surface area contributed by atoms with Crippen LogP contribution in [0.25, 0.3) is 0 Å². The van der Waals surface area contributed by atoms with E-state index in [-0.39, 0.29) is 31.5 Å². The Kier molecular flexibility index (Phi) is 5.92. The fourth-order valence-electron chi connectivity index (χ4n) is 3.23. The van der Waals surface area contributed by atoms with Gasteiger partial charge in [0.25, 0.3) is 0 Å². The lowest BCUT2D eigenvalue weighted by Gasteiger charge is -2.22. The number of ether oxygens (including phenoxy) is 2. The zero-order chi connectivity index (χ0) is 19.4. The third-order valence-electron chi connectivity index (χ3n) is 4.72. The Bertz CT molecular complexity index is 692. The zero-order valence-corrected chi connectivity index (χ0v) is 15.0. The van der Waals surface area contributed by atoms with Crippen LogP contribution in [-0.4, -0.2) is 72.9 Å². The molecule has 0 aromatic heterocycles. The molecule has 3 atom stereocenters. The van der Waals surface area contributed by atoms with E-state index < -0.39 is 24.2 Å². The molecular weight excluding hydrogens is 354 g/mol. The smallest absolute Gasteiger partial charge is 0.324 e. The van der Waals surface area contributed by atoms with Gasteiger partial charge in [-0.05, 0) is 24.1 Å². The average Bonchev–Trinajstić information content (AvgIpc) is 3.17. The highest BCUT2D eigenvalue weighted by Gasteiger charge is 2.38. The summed E-state index contributed by atoms with van der Waals surface area (Å²) in [5, 5.41) is 15.7. The summed E-state index contributed by atoms with van der Waals surface area (Å²) in [6.45, 7) is 0.234. The molecule has 3 rings (SSSR count). The van der Waals surface area contributed by atoms with Crippen LogP contribution in [0.15, 0.2) is 24.3 Å². The summed E-state index contributed by atoms with van der Waals surface area (Å²) in [4.78, 5) is 36.1. The topological polar surface area (TPSA) is 117 Å². The summed E-state index contributed by atoms with van der Waals surface area (Å²) >= 11 is 0. The molecule has 1 aromatic carbocycles. The molecule has 2 fully saturated rings. The SMILES string of the molecule is COc1ccc(C[C@H]2NC[C@H](O)[C@H]2OC(=O)CCN2C(=O)CNC2=O)cc1. The van der Waals surface area contributed by atoms with E-state index >= 15 is 0 Å².